The van der Waals surface area contributed by atoms with Crippen molar-refractivity contribution in [1.29, 1.82) is 0 Å². The smallest absolute Gasteiger partial charge is 0.266 e. The molecule has 2 saturated heterocycles. The van der Waals surface area contributed by atoms with Crippen LogP contribution < -0.4 is 9.64 Å². The van der Waals surface area contributed by atoms with E-state index in [4.69, 9.17) is 37.7 Å². The standard InChI is InChI=1S/C29H27Cl2N3O3S/c1-19-4-3-5-20(14-19)18-37-27-24(30)15-21(16-25(27)31)17-26-28(35)33(2)29(38-26)32-22-6-8-23(9-7-22)34-10-12-36-13-11-34/h3-9,14-17H,10-13,18H2,1-2H3/b26-17-,32-29?. The van der Waals surface area contributed by atoms with Gasteiger partial charge in [-0.2, -0.15) is 0 Å². The van der Waals surface area contributed by atoms with E-state index in [1.807, 2.05) is 37.3 Å². The fourth-order valence-corrected chi connectivity index (χ4v) is 5.83. The average Bonchev–Trinajstić information content (AvgIpc) is 3.16. The van der Waals surface area contributed by atoms with Crippen LogP contribution in [0.5, 0.6) is 5.75 Å². The predicted molar refractivity (Wildman–Crippen MR) is 157 cm³/mol. The third-order valence-electron chi connectivity index (χ3n) is 6.24. The molecule has 2 heterocycles. The van der Waals surface area contributed by atoms with Gasteiger partial charge < -0.3 is 14.4 Å². The van der Waals surface area contributed by atoms with Crippen LogP contribution in [0.3, 0.4) is 0 Å². The van der Waals surface area contributed by atoms with Gasteiger partial charge in [0.2, 0.25) is 0 Å². The van der Waals surface area contributed by atoms with Gasteiger partial charge in [-0.3, -0.25) is 9.69 Å². The second-order valence-corrected chi connectivity index (χ2v) is 10.9. The van der Waals surface area contributed by atoms with Crippen molar-refractivity contribution >= 4 is 63.5 Å². The van der Waals surface area contributed by atoms with Crippen LogP contribution in [0, 0.1) is 6.92 Å². The maximum absolute atomic E-state index is 12.9. The van der Waals surface area contributed by atoms with Crippen LogP contribution in [0.25, 0.3) is 6.08 Å². The van der Waals surface area contributed by atoms with Gasteiger partial charge in [0, 0.05) is 25.8 Å². The highest BCUT2D eigenvalue weighted by Crippen LogP contribution is 2.38. The molecule has 3 aromatic carbocycles. The van der Waals surface area contributed by atoms with E-state index in [1.54, 1.807) is 30.2 Å². The molecule has 0 spiro atoms. The molecule has 0 aromatic heterocycles. The SMILES string of the molecule is Cc1cccc(COc2c(Cl)cc(/C=C3\SC(=Nc4ccc(N5CCOCC5)cc4)N(C)C3=O)cc2Cl)c1. The third-order valence-corrected chi connectivity index (χ3v) is 7.86. The third kappa shape index (κ3) is 6.18. The van der Waals surface area contributed by atoms with Crippen molar-refractivity contribution in [3.63, 3.8) is 0 Å². The number of aryl methyl sites for hydroxylation is 1. The molecule has 2 aliphatic heterocycles. The molecule has 0 N–H and O–H groups in total. The number of carbonyl (C=O) groups excluding carboxylic acids is 1. The van der Waals surface area contributed by atoms with E-state index in [0.29, 0.717) is 38.0 Å². The average molecular weight is 569 g/mol. The predicted octanol–water partition coefficient (Wildman–Crippen LogP) is 6.95. The Balaban J connectivity index is 1.29. The lowest BCUT2D eigenvalue weighted by Crippen LogP contribution is -2.36. The quantitative estimate of drug-likeness (QED) is 0.301. The van der Waals surface area contributed by atoms with Crippen molar-refractivity contribution in [1.82, 2.24) is 4.90 Å². The van der Waals surface area contributed by atoms with Crippen molar-refractivity contribution in [2.24, 2.45) is 4.99 Å². The van der Waals surface area contributed by atoms with Gasteiger partial charge in [-0.1, -0.05) is 53.0 Å². The first-order chi connectivity index (χ1) is 18.4. The number of nitrogens with zero attached hydrogens (tertiary/aromatic N) is 3. The normalized spacial score (nSPS) is 18.1. The molecule has 38 heavy (non-hydrogen) atoms. The fraction of sp³-hybridized carbons (Fsp3) is 0.241. The Morgan fingerprint density at radius 1 is 1.05 bits per heavy atom. The van der Waals surface area contributed by atoms with Crippen molar-refractivity contribution in [3.05, 3.63) is 92.3 Å². The number of amides is 1. The number of halogens is 2. The van der Waals surface area contributed by atoms with E-state index in [2.05, 4.69) is 23.1 Å². The molecule has 1 amide bonds. The molecule has 0 atom stereocenters. The van der Waals surface area contributed by atoms with Crippen LogP contribution in [-0.2, 0) is 16.1 Å². The first-order valence-corrected chi connectivity index (χ1v) is 13.8. The van der Waals surface area contributed by atoms with Gasteiger partial charge in [-0.05, 0) is 72.3 Å². The Bertz CT molecular complexity index is 1380. The first-order valence-electron chi connectivity index (χ1n) is 12.2. The molecule has 6 nitrogen and oxygen atoms in total. The second kappa shape index (κ2) is 11.8. The summed E-state index contributed by atoms with van der Waals surface area (Å²) in [5.74, 6) is 0.285. The summed E-state index contributed by atoms with van der Waals surface area (Å²) in [6, 6.07) is 19.6. The van der Waals surface area contributed by atoms with Gasteiger partial charge in [0.05, 0.1) is 33.9 Å². The number of thioether (sulfide) groups is 1. The van der Waals surface area contributed by atoms with Crippen molar-refractivity contribution in [2.75, 3.05) is 38.3 Å². The molecule has 2 aliphatic rings. The number of ether oxygens (including phenoxy) is 2. The van der Waals surface area contributed by atoms with Crippen LogP contribution in [0.4, 0.5) is 11.4 Å². The molecule has 0 aliphatic carbocycles. The number of likely N-dealkylation sites (N-methyl/N-ethyl adjacent to an activating group) is 1. The van der Waals surface area contributed by atoms with E-state index >= 15 is 0 Å². The highest BCUT2D eigenvalue weighted by molar-refractivity contribution is 8.18. The monoisotopic (exact) mass is 567 g/mol. The van der Waals surface area contributed by atoms with Crippen molar-refractivity contribution < 1.29 is 14.3 Å². The largest absolute Gasteiger partial charge is 0.486 e. The Morgan fingerprint density at radius 3 is 2.45 bits per heavy atom. The van der Waals surface area contributed by atoms with Crippen molar-refractivity contribution in [2.45, 2.75) is 13.5 Å². The molecule has 0 bridgehead atoms. The first kappa shape index (κ1) is 26.6. The molecule has 196 valence electrons. The number of rotatable bonds is 6. The van der Waals surface area contributed by atoms with Crippen LogP contribution in [0.1, 0.15) is 16.7 Å². The second-order valence-electron chi connectivity index (χ2n) is 9.08. The summed E-state index contributed by atoms with van der Waals surface area (Å²) in [7, 11) is 1.72. The van der Waals surface area contributed by atoms with Gasteiger partial charge in [0.1, 0.15) is 6.61 Å². The number of anilines is 1. The number of morpholine rings is 1. The molecular formula is C29H27Cl2N3O3S. The topological polar surface area (TPSA) is 54.4 Å². The maximum Gasteiger partial charge on any atom is 0.266 e. The summed E-state index contributed by atoms with van der Waals surface area (Å²) in [4.78, 5) is 22.0. The van der Waals surface area contributed by atoms with E-state index < -0.39 is 0 Å². The fourth-order valence-electron chi connectivity index (χ4n) is 4.23. The zero-order valence-corrected chi connectivity index (χ0v) is 23.4. The highest BCUT2D eigenvalue weighted by atomic mass is 35.5. The number of hydrogen-bond donors (Lipinski definition) is 0. The zero-order chi connectivity index (χ0) is 26.6. The van der Waals surface area contributed by atoms with E-state index in [1.165, 1.54) is 11.8 Å². The maximum atomic E-state index is 12.9. The summed E-state index contributed by atoms with van der Waals surface area (Å²) in [5, 5.41) is 1.38. The molecule has 5 rings (SSSR count). The minimum absolute atomic E-state index is 0.134. The van der Waals surface area contributed by atoms with Crippen LogP contribution >= 0.6 is 35.0 Å². The summed E-state index contributed by atoms with van der Waals surface area (Å²) in [6.07, 6.45) is 1.77. The van der Waals surface area contributed by atoms with Crippen LogP contribution in [0.15, 0.2) is 70.6 Å². The van der Waals surface area contributed by atoms with Crippen molar-refractivity contribution in [3.8, 4) is 5.75 Å². The lowest BCUT2D eigenvalue weighted by molar-refractivity contribution is -0.121. The molecule has 0 radical (unpaired) electrons. The molecule has 9 heteroatoms. The van der Waals surface area contributed by atoms with Crippen LogP contribution in [0.2, 0.25) is 10.0 Å². The molecule has 3 aromatic rings. The number of hydrogen-bond acceptors (Lipinski definition) is 6. The minimum atomic E-state index is -0.134. The summed E-state index contributed by atoms with van der Waals surface area (Å²) < 4.78 is 11.3. The number of aliphatic imine (C=N–C) groups is 1. The van der Waals surface area contributed by atoms with E-state index in [-0.39, 0.29) is 5.91 Å². The van der Waals surface area contributed by atoms with Gasteiger partial charge in [-0.25, -0.2) is 4.99 Å². The Labute approximate surface area is 236 Å². The van der Waals surface area contributed by atoms with Gasteiger partial charge >= 0.3 is 0 Å². The summed E-state index contributed by atoms with van der Waals surface area (Å²) in [6.45, 7) is 5.62. The lowest BCUT2D eigenvalue weighted by atomic mass is 10.1. The molecule has 2 fully saturated rings. The van der Waals surface area contributed by atoms with Gasteiger partial charge in [0.25, 0.3) is 5.91 Å². The van der Waals surface area contributed by atoms with Crippen LogP contribution in [-0.4, -0.2) is 49.3 Å². The molecule has 0 saturated carbocycles. The van der Waals surface area contributed by atoms with Gasteiger partial charge in [-0.15, -0.1) is 0 Å². The Kier molecular flexibility index (Phi) is 8.29. The Hall–Kier alpha value is -2.97. The minimum Gasteiger partial charge on any atom is -0.486 e. The lowest BCUT2D eigenvalue weighted by Gasteiger charge is -2.28. The summed E-state index contributed by atoms with van der Waals surface area (Å²) in [5.41, 5.74) is 4.82. The van der Waals surface area contributed by atoms with E-state index in [9.17, 15) is 4.79 Å². The summed E-state index contributed by atoms with van der Waals surface area (Å²) >= 11 is 14.3. The molecule has 0 unspecified atom stereocenters. The zero-order valence-electron chi connectivity index (χ0n) is 21.1. The number of amidine groups is 1. The highest BCUT2D eigenvalue weighted by Gasteiger charge is 2.30. The Morgan fingerprint density at radius 2 is 1.76 bits per heavy atom. The number of carbonyl (C=O) groups is 1. The van der Waals surface area contributed by atoms with E-state index in [0.717, 1.165) is 48.8 Å². The van der Waals surface area contributed by atoms with Gasteiger partial charge in [0.15, 0.2) is 10.9 Å². The molecular weight excluding hydrogens is 541 g/mol. The number of benzene rings is 3.